The maximum Gasteiger partial charge on any atom is 0.495 e. The summed E-state index contributed by atoms with van der Waals surface area (Å²) in [6.07, 6.45) is 0.0909. The molecule has 1 amide bonds. The molecule has 114 valence electrons. The Morgan fingerprint density at radius 2 is 1.81 bits per heavy atom. The third kappa shape index (κ3) is 3.11. The van der Waals surface area contributed by atoms with Gasteiger partial charge in [-0.3, -0.25) is 4.79 Å². The molecule has 1 aromatic carbocycles. The van der Waals surface area contributed by atoms with Crippen molar-refractivity contribution < 1.29 is 18.5 Å². The Hall–Kier alpha value is -1.40. The van der Waals surface area contributed by atoms with Crippen molar-refractivity contribution in [1.29, 1.82) is 0 Å². The van der Waals surface area contributed by atoms with Gasteiger partial charge in [0.2, 0.25) is 5.91 Å². The zero-order chi connectivity index (χ0) is 15.8. The van der Waals surface area contributed by atoms with Crippen LogP contribution in [-0.2, 0) is 20.5 Å². The van der Waals surface area contributed by atoms with Crippen LogP contribution in [0.1, 0.15) is 33.3 Å². The van der Waals surface area contributed by atoms with Crippen LogP contribution in [0.5, 0.6) is 0 Å². The standard InChI is InChI=1S/C15H21BFNO3/c1-14(2)15(3,4)21-16(20-14)12-7-6-11(17)8-10(12)9-13(19)18-5/h6-8H,9H2,1-5H3,(H,18,19). The monoisotopic (exact) mass is 293 g/mol. The molecule has 0 atom stereocenters. The van der Waals surface area contributed by atoms with Gasteiger partial charge in [-0.1, -0.05) is 6.07 Å². The SMILES string of the molecule is CNC(=O)Cc1cc(F)ccc1B1OC(C)(C)C(C)(C)O1. The maximum absolute atomic E-state index is 13.5. The van der Waals surface area contributed by atoms with E-state index in [0.717, 1.165) is 0 Å². The topological polar surface area (TPSA) is 47.6 Å². The van der Waals surface area contributed by atoms with Crippen molar-refractivity contribution in [2.24, 2.45) is 0 Å². The molecule has 6 heteroatoms. The highest BCUT2D eigenvalue weighted by Crippen LogP contribution is 2.36. The first kappa shape index (κ1) is 16.0. The van der Waals surface area contributed by atoms with Gasteiger partial charge in [-0.2, -0.15) is 0 Å². The van der Waals surface area contributed by atoms with Gasteiger partial charge in [-0.25, -0.2) is 4.39 Å². The highest BCUT2D eigenvalue weighted by atomic mass is 19.1. The number of likely N-dealkylation sites (N-methyl/N-ethyl adjacent to an activating group) is 1. The Balaban J connectivity index is 2.34. The molecule has 1 aromatic rings. The molecule has 1 N–H and O–H groups in total. The lowest BCUT2D eigenvalue weighted by molar-refractivity contribution is -0.119. The van der Waals surface area contributed by atoms with E-state index < -0.39 is 18.3 Å². The highest BCUT2D eigenvalue weighted by Gasteiger charge is 2.52. The molecule has 0 unspecified atom stereocenters. The van der Waals surface area contributed by atoms with Crippen molar-refractivity contribution in [2.45, 2.75) is 45.3 Å². The van der Waals surface area contributed by atoms with Gasteiger partial charge in [-0.15, -0.1) is 0 Å². The van der Waals surface area contributed by atoms with Crippen molar-refractivity contribution in [3.63, 3.8) is 0 Å². The van der Waals surface area contributed by atoms with E-state index >= 15 is 0 Å². The highest BCUT2D eigenvalue weighted by molar-refractivity contribution is 6.62. The molecule has 2 rings (SSSR count). The molecule has 0 bridgehead atoms. The molecular formula is C15H21BFNO3. The number of hydrogen-bond donors (Lipinski definition) is 1. The zero-order valence-corrected chi connectivity index (χ0v) is 13.1. The lowest BCUT2D eigenvalue weighted by Gasteiger charge is -2.32. The molecule has 0 saturated carbocycles. The Kier molecular flexibility index (Phi) is 4.13. The summed E-state index contributed by atoms with van der Waals surface area (Å²) in [4.78, 5) is 11.6. The normalized spacial score (nSPS) is 19.6. The van der Waals surface area contributed by atoms with Crippen molar-refractivity contribution >= 4 is 18.5 Å². The molecule has 1 heterocycles. The Morgan fingerprint density at radius 1 is 1.24 bits per heavy atom. The summed E-state index contributed by atoms with van der Waals surface area (Å²) in [5.41, 5.74) is 0.318. The minimum absolute atomic E-state index is 0.0909. The van der Waals surface area contributed by atoms with Gasteiger partial charge in [0, 0.05) is 7.05 Å². The number of rotatable bonds is 3. The summed E-state index contributed by atoms with van der Waals surface area (Å²) in [6.45, 7) is 7.81. The smallest absolute Gasteiger partial charge is 0.399 e. The second-order valence-electron chi connectivity index (χ2n) is 6.28. The molecule has 0 aromatic heterocycles. The van der Waals surface area contributed by atoms with E-state index in [4.69, 9.17) is 9.31 Å². The molecule has 0 aliphatic carbocycles. The molecule has 21 heavy (non-hydrogen) atoms. The number of amides is 1. The van der Waals surface area contributed by atoms with Gasteiger partial charge in [0.1, 0.15) is 5.82 Å². The number of halogens is 1. The predicted octanol–water partition coefficient (Wildman–Crippen LogP) is 1.41. The summed E-state index contributed by atoms with van der Waals surface area (Å²) in [5, 5.41) is 2.54. The van der Waals surface area contributed by atoms with Crippen LogP contribution < -0.4 is 10.8 Å². The van der Waals surface area contributed by atoms with Crippen molar-refractivity contribution in [2.75, 3.05) is 7.05 Å². The second-order valence-corrected chi connectivity index (χ2v) is 6.28. The van der Waals surface area contributed by atoms with E-state index in [2.05, 4.69) is 5.32 Å². The minimum atomic E-state index is -0.602. The van der Waals surface area contributed by atoms with E-state index in [1.165, 1.54) is 12.1 Å². The molecule has 0 radical (unpaired) electrons. The van der Waals surface area contributed by atoms with Crippen LogP contribution in [0.4, 0.5) is 4.39 Å². The minimum Gasteiger partial charge on any atom is -0.399 e. The van der Waals surface area contributed by atoms with Crippen LogP contribution in [-0.4, -0.2) is 31.3 Å². The molecule has 0 spiro atoms. The van der Waals surface area contributed by atoms with Crippen molar-refractivity contribution in [3.8, 4) is 0 Å². The molecule has 4 nitrogen and oxygen atoms in total. The van der Waals surface area contributed by atoms with Gasteiger partial charge < -0.3 is 14.6 Å². The lowest BCUT2D eigenvalue weighted by atomic mass is 9.75. The maximum atomic E-state index is 13.5. The molecule has 1 fully saturated rings. The molecule has 1 aliphatic rings. The second kappa shape index (κ2) is 5.42. The number of carbonyl (C=O) groups excluding carboxylic acids is 1. The van der Waals surface area contributed by atoms with Gasteiger partial charge in [0.05, 0.1) is 17.6 Å². The van der Waals surface area contributed by atoms with Crippen LogP contribution in [0.25, 0.3) is 0 Å². The van der Waals surface area contributed by atoms with E-state index in [-0.39, 0.29) is 18.1 Å². The van der Waals surface area contributed by atoms with Crippen LogP contribution >= 0.6 is 0 Å². The molecule has 1 saturated heterocycles. The van der Waals surface area contributed by atoms with Crippen LogP contribution in [0.3, 0.4) is 0 Å². The Morgan fingerprint density at radius 3 is 2.33 bits per heavy atom. The summed E-state index contributed by atoms with van der Waals surface area (Å²) < 4.78 is 25.4. The van der Waals surface area contributed by atoms with Crippen LogP contribution in [0, 0.1) is 5.82 Å². The average Bonchev–Trinajstić information content (AvgIpc) is 2.58. The lowest BCUT2D eigenvalue weighted by Crippen LogP contribution is -2.41. The third-order valence-electron chi connectivity index (χ3n) is 4.24. The first-order chi connectivity index (χ1) is 9.66. The van der Waals surface area contributed by atoms with Crippen LogP contribution in [0.2, 0.25) is 0 Å². The van der Waals surface area contributed by atoms with Crippen LogP contribution in [0.15, 0.2) is 18.2 Å². The molecular weight excluding hydrogens is 272 g/mol. The van der Waals surface area contributed by atoms with Crippen molar-refractivity contribution in [1.82, 2.24) is 5.32 Å². The van der Waals surface area contributed by atoms with Gasteiger partial charge >= 0.3 is 7.12 Å². The van der Waals surface area contributed by atoms with E-state index in [1.54, 1.807) is 13.1 Å². The number of nitrogens with one attached hydrogen (secondary N) is 1. The Bertz CT molecular complexity index is 544. The Labute approximate surface area is 125 Å². The number of benzene rings is 1. The van der Waals surface area contributed by atoms with Gasteiger partial charge in [-0.05, 0) is 50.9 Å². The zero-order valence-electron chi connectivity index (χ0n) is 13.1. The summed E-state index contributed by atoms with van der Waals surface area (Å²) in [5.74, 6) is -0.562. The summed E-state index contributed by atoms with van der Waals surface area (Å²) >= 11 is 0. The van der Waals surface area contributed by atoms with E-state index in [9.17, 15) is 9.18 Å². The first-order valence-electron chi connectivity index (χ1n) is 7.01. The summed E-state index contributed by atoms with van der Waals surface area (Å²) in [6, 6.07) is 4.33. The van der Waals surface area contributed by atoms with Gasteiger partial charge in [0.25, 0.3) is 0 Å². The van der Waals surface area contributed by atoms with Crippen molar-refractivity contribution in [3.05, 3.63) is 29.6 Å². The fourth-order valence-electron chi connectivity index (χ4n) is 2.19. The molecule has 1 aliphatic heterocycles. The van der Waals surface area contributed by atoms with E-state index in [1.807, 2.05) is 27.7 Å². The number of carbonyl (C=O) groups is 1. The number of hydrogen-bond acceptors (Lipinski definition) is 3. The summed E-state index contributed by atoms with van der Waals surface area (Å²) in [7, 11) is 0.950. The largest absolute Gasteiger partial charge is 0.495 e. The first-order valence-corrected chi connectivity index (χ1v) is 7.01. The van der Waals surface area contributed by atoms with E-state index in [0.29, 0.717) is 11.0 Å². The quantitative estimate of drug-likeness (QED) is 0.857. The third-order valence-corrected chi connectivity index (χ3v) is 4.24. The van der Waals surface area contributed by atoms with Gasteiger partial charge in [0.15, 0.2) is 0 Å². The average molecular weight is 293 g/mol. The predicted molar refractivity (Wildman–Crippen MR) is 79.9 cm³/mol. The fourth-order valence-corrected chi connectivity index (χ4v) is 2.19. The fraction of sp³-hybridized carbons (Fsp3) is 0.533.